The lowest BCUT2D eigenvalue weighted by molar-refractivity contribution is 0.406. The van der Waals surface area contributed by atoms with Crippen molar-refractivity contribution in [2.75, 3.05) is 18.0 Å². The van der Waals surface area contributed by atoms with Gasteiger partial charge in [-0.2, -0.15) is 0 Å². The predicted octanol–water partition coefficient (Wildman–Crippen LogP) is 2.06. The highest BCUT2D eigenvalue weighted by molar-refractivity contribution is 5.46. The molecule has 0 spiro atoms. The van der Waals surface area contributed by atoms with E-state index in [4.69, 9.17) is 0 Å². The third-order valence-electron chi connectivity index (χ3n) is 4.20. The van der Waals surface area contributed by atoms with Gasteiger partial charge in [0.15, 0.2) is 0 Å². The Bertz CT molecular complexity index is 543. The number of hydrogen-bond acceptors (Lipinski definition) is 4. The SMILES string of the molecule is CCn1cnnc1CNC1CCN(c2ccccc2)CC1. The Morgan fingerprint density at radius 2 is 1.95 bits per heavy atom. The first-order valence-electron chi connectivity index (χ1n) is 7.77. The molecule has 1 aliphatic heterocycles. The van der Waals surface area contributed by atoms with Crippen LogP contribution in [0, 0.1) is 0 Å². The Kier molecular flexibility index (Phi) is 4.50. The summed E-state index contributed by atoms with van der Waals surface area (Å²) in [6, 6.07) is 11.2. The van der Waals surface area contributed by atoms with Gasteiger partial charge in [-0.25, -0.2) is 0 Å². The van der Waals surface area contributed by atoms with E-state index >= 15 is 0 Å². The molecule has 0 amide bonds. The van der Waals surface area contributed by atoms with E-state index in [-0.39, 0.29) is 0 Å². The first-order valence-corrected chi connectivity index (χ1v) is 7.77. The van der Waals surface area contributed by atoms with E-state index in [1.54, 1.807) is 6.33 Å². The van der Waals surface area contributed by atoms with Crippen LogP contribution in [0.5, 0.6) is 0 Å². The molecule has 1 aromatic carbocycles. The molecule has 0 radical (unpaired) electrons. The fourth-order valence-electron chi connectivity index (χ4n) is 2.90. The number of aromatic nitrogens is 3. The lowest BCUT2D eigenvalue weighted by Crippen LogP contribution is -2.42. The summed E-state index contributed by atoms with van der Waals surface area (Å²) in [4.78, 5) is 2.47. The maximum atomic E-state index is 4.17. The van der Waals surface area contributed by atoms with Gasteiger partial charge in [0.05, 0.1) is 6.54 Å². The molecule has 5 nitrogen and oxygen atoms in total. The van der Waals surface area contributed by atoms with E-state index in [0.29, 0.717) is 6.04 Å². The van der Waals surface area contributed by atoms with Crippen molar-refractivity contribution in [3.05, 3.63) is 42.5 Å². The zero-order valence-corrected chi connectivity index (χ0v) is 12.6. The summed E-state index contributed by atoms with van der Waals surface area (Å²) in [6.07, 6.45) is 4.15. The maximum Gasteiger partial charge on any atom is 0.146 e. The second kappa shape index (κ2) is 6.72. The minimum atomic E-state index is 0.576. The van der Waals surface area contributed by atoms with Crippen LogP contribution in [0.3, 0.4) is 0 Å². The third kappa shape index (κ3) is 3.42. The van der Waals surface area contributed by atoms with Crippen molar-refractivity contribution < 1.29 is 0 Å². The van der Waals surface area contributed by atoms with Crippen molar-refractivity contribution in [1.29, 1.82) is 0 Å². The van der Waals surface area contributed by atoms with Crippen molar-refractivity contribution in [3.63, 3.8) is 0 Å². The summed E-state index contributed by atoms with van der Waals surface area (Å²) < 4.78 is 2.09. The summed E-state index contributed by atoms with van der Waals surface area (Å²) in [5, 5.41) is 11.8. The van der Waals surface area contributed by atoms with Crippen molar-refractivity contribution >= 4 is 5.69 Å². The number of nitrogens with one attached hydrogen (secondary N) is 1. The number of piperidine rings is 1. The molecule has 2 heterocycles. The van der Waals surface area contributed by atoms with Crippen LogP contribution in [-0.2, 0) is 13.1 Å². The molecule has 3 rings (SSSR count). The van der Waals surface area contributed by atoms with Crippen LogP contribution in [0.1, 0.15) is 25.6 Å². The van der Waals surface area contributed by atoms with Crippen LogP contribution in [-0.4, -0.2) is 33.9 Å². The second-order valence-electron chi connectivity index (χ2n) is 5.51. The van der Waals surface area contributed by atoms with Gasteiger partial charge in [-0.05, 0) is 31.9 Å². The molecule has 1 aliphatic rings. The Balaban J connectivity index is 1.48. The summed E-state index contributed by atoms with van der Waals surface area (Å²) in [6.45, 7) is 6.08. The largest absolute Gasteiger partial charge is 0.371 e. The lowest BCUT2D eigenvalue weighted by Gasteiger charge is -2.34. The number of hydrogen-bond donors (Lipinski definition) is 1. The van der Waals surface area contributed by atoms with Gasteiger partial charge in [0.25, 0.3) is 0 Å². The minimum absolute atomic E-state index is 0.576. The van der Waals surface area contributed by atoms with Gasteiger partial charge in [0, 0.05) is 31.4 Å². The number of para-hydroxylation sites is 1. The van der Waals surface area contributed by atoms with E-state index in [0.717, 1.165) is 32.0 Å². The Morgan fingerprint density at radius 3 is 2.67 bits per heavy atom. The van der Waals surface area contributed by atoms with Gasteiger partial charge in [-0.3, -0.25) is 0 Å². The molecule has 5 heteroatoms. The number of nitrogens with zero attached hydrogens (tertiary/aromatic N) is 4. The normalized spacial score (nSPS) is 16.3. The first-order chi connectivity index (χ1) is 10.4. The Morgan fingerprint density at radius 1 is 1.19 bits per heavy atom. The molecule has 1 saturated heterocycles. The zero-order chi connectivity index (χ0) is 14.5. The molecule has 112 valence electrons. The molecule has 0 saturated carbocycles. The summed E-state index contributed by atoms with van der Waals surface area (Å²) >= 11 is 0. The highest BCUT2D eigenvalue weighted by Crippen LogP contribution is 2.19. The molecular weight excluding hydrogens is 262 g/mol. The molecular formula is C16H23N5. The van der Waals surface area contributed by atoms with E-state index in [2.05, 4.69) is 62.2 Å². The molecule has 0 aliphatic carbocycles. The smallest absolute Gasteiger partial charge is 0.146 e. The average Bonchev–Trinajstić information content (AvgIpc) is 3.02. The first kappa shape index (κ1) is 14.1. The highest BCUT2D eigenvalue weighted by atomic mass is 15.3. The number of rotatable bonds is 5. The average molecular weight is 285 g/mol. The summed E-state index contributed by atoms with van der Waals surface area (Å²) in [5.41, 5.74) is 1.33. The Hall–Kier alpha value is -1.88. The van der Waals surface area contributed by atoms with E-state index in [1.165, 1.54) is 18.5 Å². The van der Waals surface area contributed by atoms with Crippen LogP contribution in [0.25, 0.3) is 0 Å². The standard InChI is InChI=1S/C16H23N5/c1-2-20-13-18-19-16(20)12-17-14-8-10-21(11-9-14)15-6-4-3-5-7-15/h3-7,13-14,17H,2,8-12H2,1H3. The topological polar surface area (TPSA) is 46.0 Å². The molecule has 1 fully saturated rings. The highest BCUT2D eigenvalue weighted by Gasteiger charge is 2.19. The molecule has 0 atom stereocenters. The number of aryl methyl sites for hydroxylation is 1. The second-order valence-corrected chi connectivity index (χ2v) is 5.51. The van der Waals surface area contributed by atoms with Crippen LogP contribution in [0.4, 0.5) is 5.69 Å². The lowest BCUT2D eigenvalue weighted by atomic mass is 10.0. The van der Waals surface area contributed by atoms with Crippen molar-refractivity contribution in [1.82, 2.24) is 20.1 Å². The van der Waals surface area contributed by atoms with Crippen LogP contribution >= 0.6 is 0 Å². The predicted molar refractivity (Wildman–Crippen MR) is 84.2 cm³/mol. The fourth-order valence-corrected chi connectivity index (χ4v) is 2.90. The van der Waals surface area contributed by atoms with Crippen molar-refractivity contribution in [3.8, 4) is 0 Å². The van der Waals surface area contributed by atoms with E-state index in [1.807, 2.05) is 0 Å². The monoisotopic (exact) mass is 285 g/mol. The van der Waals surface area contributed by atoms with Crippen LogP contribution in [0.2, 0.25) is 0 Å². The van der Waals surface area contributed by atoms with Gasteiger partial charge in [0.2, 0.25) is 0 Å². The van der Waals surface area contributed by atoms with Gasteiger partial charge in [-0.1, -0.05) is 18.2 Å². The van der Waals surface area contributed by atoms with Crippen molar-refractivity contribution in [2.24, 2.45) is 0 Å². The number of benzene rings is 1. The summed E-state index contributed by atoms with van der Waals surface area (Å²) in [5.74, 6) is 1.03. The fraction of sp³-hybridized carbons (Fsp3) is 0.500. The van der Waals surface area contributed by atoms with E-state index < -0.39 is 0 Å². The molecule has 1 N–H and O–H groups in total. The van der Waals surface area contributed by atoms with Gasteiger partial charge >= 0.3 is 0 Å². The van der Waals surface area contributed by atoms with Gasteiger partial charge in [-0.15, -0.1) is 10.2 Å². The van der Waals surface area contributed by atoms with Gasteiger partial charge in [0.1, 0.15) is 12.2 Å². The minimum Gasteiger partial charge on any atom is -0.371 e. The van der Waals surface area contributed by atoms with Crippen LogP contribution in [0.15, 0.2) is 36.7 Å². The molecule has 2 aromatic rings. The van der Waals surface area contributed by atoms with Gasteiger partial charge < -0.3 is 14.8 Å². The quantitative estimate of drug-likeness (QED) is 0.913. The third-order valence-corrected chi connectivity index (χ3v) is 4.20. The molecule has 0 unspecified atom stereocenters. The van der Waals surface area contributed by atoms with E-state index in [9.17, 15) is 0 Å². The Labute approximate surface area is 126 Å². The molecule has 21 heavy (non-hydrogen) atoms. The van der Waals surface area contributed by atoms with Crippen LogP contribution < -0.4 is 10.2 Å². The van der Waals surface area contributed by atoms with Crippen molar-refractivity contribution in [2.45, 2.75) is 38.9 Å². The molecule has 0 bridgehead atoms. The summed E-state index contributed by atoms with van der Waals surface area (Å²) in [7, 11) is 0. The molecule has 1 aromatic heterocycles. The maximum absolute atomic E-state index is 4.17. The zero-order valence-electron chi connectivity index (χ0n) is 12.6. The number of anilines is 1.